The van der Waals surface area contributed by atoms with Crippen LogP contribution in [-0.2, 0) is 16.6 Å². The molecule has 0 aliphatic heterocycles. The van der Waals surface area contributed by atoms with E-state index in [2.05, 4.69) is 10.3 Å². The summed E-state index contributed by atoms with van der Waals surface area (Å²) in [7, 11) is -2.35. The molecule has 0 atom stereocenters. The molecule has 0 radical (unpaired) electrons. The standard InChI is InChI=1S/C21H21N3O3S/c1-16-10-12-18(13-11-16)28(26,27)24(2)20-9-4-3-8-19(20)21(25)23-15-17-7-5-6-14-22-17/h3-14H,15H2,1-2H3,(H,23,25). The van der Waals surface area contributed by atoms with Gasteiger partial charge in [-0.25, -0.2) is 8.42 Å². The quantitative estimate of drug-likeness (QED) is 0.695. The van der Waals surface area contributed by atoms with Crippen molar-refractivity contribution in [1.29, 1.82) is 0 Å². The number of nitrogens with zero attached hydrogens (tertiary/aromatic N) is 2. The van der Waals surface area contributed by atoms with E-state index in [0.717, 1.165) is 9.87 Å². The lowest BCUT2D eigenvalue weighted by Gasteiger charge is -2.22. The van der Waals surface area contributed by atoms with Crippen LogP contribution in [0, 0.1) is 6.92 Å². The smallest absolute Gasteiger partial charge is 0.264 e. The molecule has 0 spiro atoms. The van der Waals surface area contributed by atoms with Gasteiger partial charge in [0.25, 0.3) is 15.9 Å². The van der Waals surface area contributed by atoms with Crippen molar-refractivity contribution in [3.8, 4) is 0 Å². The molecular formula is C21H21N3O3S. The van der Waals surface area contributed by atoms with Crippen molar-refractivity contribution in [3.05, 3.63) is 89.7 Å². The Hall–Kier alpha value is -3.19. The Bertz CT molecular complexity index is 1070. The molecule has 0 saturated carbocycles. The zero-order chi connectivity index (χ0) is 20.1. The molecule has 0 saturated heterocycles. The van der Waals surface area contributed by atoms with Gasteiger partial charge in [0.05, 0.1) is 28.4 Å². The normalized spacial score (nSPS) is 11.1. The number of pyridine rings is 1. The predicted molar refractivity (Wildman–Crippen MR) is 109 cm³/mol. The molecule has 1 amide bonds. The van der Waals surface area contributed by atoms with Crippen LogP contribution >= 0.6 is 0 Å². The van der Waals surface area contributed by atoms with E-state index in [1.807, 2.05) is 13.0 Å². The fourth-order valence-corrected chi connectivity index (χ4v) is 3.92. The number of hydrogen-bond acceptors (Lipinski definition) is 4. The van der Waals surface area contributed by atoms with Crippen molar-refractivity contribution in [3.63, 3.8) is 0 Å². The van der Waals surface area contributed by atoms with Gasteiger partial charge in [0.15, 0.2) is 0 Å². The van der Waals surface area contributed by atoms with Crippen molar-refractivity contribution in [2.24, 2.45) is 0 Å². The zero-order valence-corrected chi connectivity index (χ0v) is 16.5. The Morgan fingerprint density at radius 1 is 1.00 bits per heavy atom. The first-order valence-corrected chi connectivity index (χ1v) is 10.2. The van der Waals surface area contributed by atoms with Crippen LogP contribution in [-0.4, -0.2) is 26.4 Å². The Morgan fingerprint density at radius 3 is 2.36 bits per heavy atom. The van der Waals surface area contributed by atoms with Gasteiger partial charge in [-0.15, -0.1) is 0 Å². The summed E-state index contributed by atoms with van der Waals surface area (Å²) in [6, 6.07) is 18.7. The van der Waals surface area contributed by atoms with Gasteiger partial charge in [-0.05, 0) is 43.3 Å². The van der Waals surface area contributed by atoms with Gasteiger partial charge in [0, 0.05) is 13.2 Å². The number of rotatable bonds is 6. The van der Waals surface area contributed by atoms with E-state index in [1.54, 1.807) is 66.9 Å². The number of carbonyl (C=O) groups is 1. The molecule has 6 nitrogen and oxygen atoms in total. The maximum atomic E-state index is 13.0. The molecule has 1 aromatic heterocycles. The number of anilines is 1. The monoisotopic (exact) mass is 395 g/mol. The van der Waals surface area contributed by atoms with E-state index in [0.29, 0.717) is 11.4 Å². The number of carbonyl (C=O) groups excluding carboxylic acids is 1. The molecule has 2 aromatic carbocycles. The lowest BCUT2D eigenvalue weighted by Crippen LogP contribution is -2.30. The van der Waals surface area contributed by atoms with Crippen molar-refractivity contribution in [2.75, 3.05) is 11.4 Å². The average molecular weight is 395 g/mol. The molecule has 0 aliphatic rings. The number of amides is 1. The van der Waals surface area contributed by atoms with Crippen LogP contribution in [0.4, 0.5) is 5.69 Å². The van der Waals surface area contributed by atoms with Crippen LogP contribution < -0.4 is 9.62 Å². The second-order valence-corrected chi connectivity index (χ2v) is 8.28. The van der Waals surface area contributed by atoms with Gasteiger partial charge >= 0.3 is 0 Å². The van der Waals surface area contributed by atoms with Crippen LogP contribution in [0.25, 0.3) is 0 Å². The van der Waals surface area contributed by atoms with Gasteiger partial charge in [-0.1, -0.05) is 35.9 Å². The average Bonchev–Trinajstić information content (AvgIpc) is 2.72. The van der Waals surface area contributed by atoms with E-state index in [-0.39, 0.29) is 22.9 Å². The zero-order valence-electron chi connectivity index (χ0n) is 15.7. The highest BCUT2D eigenvalue weighted by atomic mass is 32.2. The molecular weight excluding hydrogens is 374 g/mol. The van der Waals surface area contributed by atoms with Crippen molar-refractivity contribution < 1.29 is 13.2 Å². The highest BCUT2D eigenvalue weighted by Crippen LogP contribution is 2.26. The third-order valence-electron chi connectivity index (χ3n) is 4.32. The topological polar surface area (TPSA) is 79.4 Å². The Kier molecular flexibility index (Phi) is 5.75. The summed E-state index contributed by atoms with van der Waals surface area (Å²) in [6.45, 7) is 2.14. The van der Waals surface area contributed by atoms with Gasteiger partial charge < -0.3 is 5.32 Å². The van der Waals surface area contributed by atoms with Crippen LogP contribution in [0.2, 0.25) is 0 Å². The maximum Gasteiger partial charge on any atom is 0.264 e. The van der Waals surface area contributed by atoms with Gasteiger partial charge in [0.2, 0.25) is 0 Å². The van der Waals surface area contributed by atoms with E-state index in [9.17, 15) is 13.2 Å². The van der Waals surface area contributed by atoms with Crippen molar-refractivity contribution in [1.82, 2.24) is 10.3 Å². The maximum absolute atomic E-state index is 13.0. The number of benzene rings is 2. The number of sulfonamides is 1. The molecule has 144 valence electrons. The molecule has 3 aromatic rings. The summed E-state index contributed by atoms with van der Waals surface area (Å²) in [4.78, 5) is 17.0. The van der Waals surface area contributed by atoms with Gasteiger partial charge in [-0.2, -0.15) is 0 Å². The third kappa shape index (κ3) is 4.20. The summed E-state index contributed by atoms with van der Waals surface area (Å²) in [5, 5.41) is 2.79. The first-order chi connectivity index (χ1) is 13.4. The van der Waals surface area contributed by atoms with Crippen LogP contribution in [0.5, 0.6) is 0 Å². The summed E-state index contributed by atoms with van der Waals surface area (Å²) in [5.41, 5.74) is 2.27. The summed E-state index contributed by atoms with van der Waals surface area (Å²) in [6.07, 6.45) is 1.65. The van der Waals surface area contributed by atoms with Crippen molar-refractivity contribution >= 4 is 21.6 Å². The third-order valence-corrected chi connectivity index (χ3v) is 6.11. The minimum absolute atomic E-state index is 0.171. The summed E-state index contributed by atoms with van der Waals surface area (Å²) >= 11 is 0. The molecule has 1 heterocycles. The number of hydrogen-bond donors (Lipinski definition) is 1. The lowest BCUT2D eigenvalue weighted by atomic mass is 10.1. The first-order valence-electron chi connectivity index (χ1n) is 8.72. The van der Waals surface area contributed by atoms with E-state index >= 15 is 0 Å². The van der Waals surface area contributed by atoms with Crippen molar-refractivity contribution in [2.45, 2.75) is 18.4 Å². The number of aryl methyl sites for hydroxylation is 1. The fourth-order valence-electron chi connectivity index (χ4n) is 2.71. The SMILES string of the molecule is Cc1ccc(S(=O)(=O)N(C)c2ccccc2C(=O)NCc2ccccn2)cc1. The molecule has 0 aliphatic carbocycles. The molecule has 0 bridgehead atoms. The van der Waals surface area contributed by atoms with Crippen LogP contribution in [0.15, 0.2) is 77.8 Å². The predicted octanol–water partition coefficient (Wildman–Crippen LogP) is 3.15. The summed E-state index contributed by atoms with van der Waals surface area (Å²) in [5.74, 6) is -0.368. The van der Waals surface area contributed by atoms with Gasteiger partial charge in [0.1, 0.15) is 0 Å². The second-order valence-electron chi connectivity index (χ2n) is 6.31. The highest BCUT2D eigenvalue weighted by Gasteiger charge is 2.24. The lowest BCUT2D eigenvalue weighted by molar-refractivity contribution is 0.0951. The minimum atomic E-state index is -3.79. The molecule has 28 heavy (non-hydrogen) atoms. The molecule has 0 unspecified atom stereocenters. The van der Waals surface area contributed by atoms with E-state index < -0.39 is 10.0 Å². The first kappa shape index (κ1) is 19.6. The van der Waals surface area contributed by atoms with E-state index in [1.165, 1.54) is 7.05 Å². The Morgan fingerprint density at radius 2 is 1.68 bits per heavy atom. The van der Waals surface area contributed by atoms with Crippen LogP contribution in [0.3, 0.4) is 0 Å². The van der Waals surface area contributed by atoms with Crippen LogP contribution in [0.1, 0.15) is 21.6 Å². The highest BCUT2D eigenvalue weighted by molar-refractivity contribution is 7.92. The largest absolute Gasteiger partial charge is 0.346 e. The molecule has 0 fully saturated rings. The molecule has 3 rings (SSSR count). The number of nitrogens with one attached hydrogen (secondary N) is 1. The fraction of sp³-hybridized carbons (Fsp3) is 0.143. The van der Waals surface area contributed by atoms with Gasteiger partial charge in [-0.3, -0.25) is 14.1 Å². The number of para-hydroxylation sites is 1. The minimum Gasteiger partial charge on any atom is -0.346 e. The molecule has 7 heteroatoms. The Labute approximate surface area is 164 Å². The molecule has 1 N–H and O–H groups in total. The summed E-state index contributed by atoms with van der Waals surface area (Å²) < 4.78 is 27.1. The number of aromatic nitrogens is 1. The second kappa shape index (κ2) is 8.22. The Balaban J connectivity index is 1.86. The van der Waals surface area contributed by atoms with E-state index in [4.69, 9.17) is 0 Å².